The first-order valence-corrected chi connectivity index (χ1v) is 11.5. The number of piperidine rings is 1. The Morgan fingerprint density at radius 3 is 2.93 bits per heavy atom. The topological polar surface area (TPSA) is 70.4 Å². The predicted molar refractivity (Wildman–Crippen MR) is 121 cm³/mol. The van der Waals surface area contributed by atoms with Crippen LogP contribution in [0.4, 0.5) is 0 Å². The fraction of sp³-hybridized carbons (Fsp3) is 0.478. The van der Waals surface area contributed by atoms with Crippen LogP contribution in [0.2, 0.25) is 0 Å². The third kappa shape index (κ3) is 4.43. The lowest BCUT2D eigenvalue weighted by Crippen LogP contribution is -2.40. The van der Waals surface area contributed by atoms with Crippen molar-refractivity contribution in [1.29, 1.82) is 0 Å². The monoisotopic (exact) mass is 426 g/mol. The standard InChI is InChI=1S/C23H30N4O2S/c1-16-17(14-26(2)25-16)15-27-11-6-5-7-18(27)13-20-19-8-3-4-9-21(19)30-22(20)23(29)24-10-12-28/h3-4,8-9,14,18,28H,5-7,10-13,15H2,1-2H3,(H,24,29)/t18-/m1/s1. The van der Waals surface area contributed by atoms with Gasteiger partial charge in [-0.05, 0) is 49.7 Å². The van der Waals surface area contributed by atoms with E-state index in [0.717, 1.165) is 46.8 Å². The van der Waals surface area contributed by atoms with Crippen LogP contribution < -0.4 is 5.32 Å². The van der Waals surface area contributed by atoms with Crippen molar-refractivity contribution in [2.75, 3.05) is 19.7 Å². The number of nitrogens with one attached hydrogen (secondary N) is 1. The number of aliphatic hydroxyl groups excluding tert-OH is 1. The van der Waals surface area contributed by atoms with Crippen LogP contribution in [0, 0.1) is 6.92 Å². The number of rotatable bonds is 7. The van der Waals surface area contributed by atoms with Crippen LogP contribution in [0.3, 0.4) is 0 Å². The molecule has 1 amide bonds. The SMILES string of the molecule is Cc1nn(C)cc1CN1CCCC[C@@H]1Cc1c(C(=O)NCCO)sc2ccccc12. The second-order valence-electron chi connectivity index (χ2n) is 8.12. The first-order valence-electron chi connectivity index (χ1n) is 10.7. The number of aryl methyl sites for hydroxylation is 2. The first-order chi connectivity index (χ1) is 14.6. The number of benzene rings is 1. The predicted octanol–water partition coefficient (Wildman–Crippen LogP) is 3.26. The van der Waals surface area contributed by atoms with Gasteiger partial charge >= 0.3 is 0 Å². The molecule has 1 aliphatic rings. The summed E-state index contributed by atoms with van der Waals surface area (Å²) in [5, 5.41) is 17.6. The summed E-state index contributed by atoms with van der Waals surface area (Å²) in [5.74, 6) is -0.0780. The molecular weight excluding hydrogens is 396 g/mol. The summed E-state index contributed by atoms with van der Waals surface area (Å²) in [5.41, 5.74) is 3.51. The number of fused-ring (bicyclic) bond motifs is 1. The number of hydrogen-bond acceptors (Lipinski definition) is 5. The Bertz CT molecular complexity index is 1030. The number of thiophene rings is 1. The minimum atomic E-state index is -0.0780. The first kappa shape index (κ1) is 21.0. The van der Waals surface area contributed by atoms with Gasteiger partial charge in [-0.1, -0.05) is 24.6 Å². The molecule has 3 aromatic rings. The molecule has 1 aromatic carbocycles. The lowest BCUT2D eigenvalue weighted by Gasteiger charge is -2.36. The van der Waals surface area contributed by atoms with Crippen molar-refractivity contribution in [3.63, 3.8) is 0 Å². The average Bonchev–Trinajstić information content (AvgIpc) is 3.27. The van der Waals surface area contributed by atoms with Crippen molar-refractivity contribution in [3.8, 4) is 0 Å². The summed E-state index contributed by atoms with van der Waals surface area (Å²) < 4.78 is 3.03. The van der Waals surface area contributed by atoms with E-state index in [1.165, 1.54) is 23.8 Å². The molecule has 0 unspecified atom stereocenters. The maximum atomic E-state index is 12.8. The van der Waals surface area contributed by atoms with Crippen molar-refractivity contribution in [3.05, 3.63) is 52.2 Å². The smallest absolute Gasteiger partial charge is 0.261 e. The molecule has 2 N–H and O–H groups in total. The number of aliphatic hydroxyl groups is 1. The number of carbonyl (C=O) groups excluding carboxylic acids is 1. The molecule has 1 aliphatic heterocycles. The lowest BCUT2D eigenvalue weighted by molar-refractivity contribution is 0.0946. The molecule has 6 nitrogen and oxygen atoms in total. The van der Waals surface area contributed by atoms with Crippen LogP contribution >= 0.6 is 11.3 Å². The largest absolute Gasteiger partial charge is 0.395 e. The van der Waals surface area contributed by atoms with Crippen LogP contribution in [-0.2, 0) is 20.0 Å². The normalized spacial score (nSPS) is 17.5. The molecule has 0 saturated carbocycles. The quantitative estimate of drug-likeness (QED) is 0.608. The molecule has 7 heteroatoms. The molecule has 0 radical (unpaired) electrons. The summed E-state index contributed by atoms with van der Waals surface area (Å²) in [4.78, 5) is 16.2. The fourth-order valence-electron chi connectivity index (χ4n) is 4.49. The van der Waals surface area contributed by atoms with Crippen LogP contribution in [0.5, 0.6) is 0 Å². The maximum Gasteiger partial charge on any atom is 0.261 e. The van der Waals surface area contributed by atoms with Crippen molar-refractivity contribution >= 4 is 27.3 Å². The van der Waals surface area contributed by atoms with Gasteiger partial charge in [0.15, 0.2) is 0 Å². The Morgan fingerprint density at radius 1 is 1.33 bits per heavy atom. The van der Waals surface area contributed by atoms with E-state index in [4.69, 9.17) is 5.11 Å². The molecule has 30 heavy (non-hydrogen) atoms. The number of carbonyl (C=O) groups is 1. The van der Waals surface area contributed by atoms with Crippen LogP contribution in [-0.4, -0.2) is 51.4 Å². The molecule has 1 saturated heterocycles. The molecule has 0 aliphatic carbocycles. The summed E-state index contributed by atoms with van der Waals surface area (Å²) in [7, 11) is 1.97. The zero-order valence-electron chi connectivity index (χ0n) is 17.7. The second kappa shape index (κ2) is 9.29. The van der Waals surface area contributed by atoms with E-state index in [-0.39, 0.29) is 19.1 Å². The Kier molecular flexibility index (Phi) is 6.51. The number of nitrogens with zero attached hydrogens (tertiary/aromatic N) is 3. The summed E-state index contributed by atoms with van der Waals surface area (Å²) in [6.45, 7) is 4.28. The Balaban J connectivity index is 1.62. The van der Waals surface area contributed by atoms with Crippen molar-refractivity contribution in [2.45, 2.75) is 45.2 Å². The zero-order valence-corrected chi connectivity index (χ0v) is 18.5. The Labute approximate surface area is 181 Å². The third-order valence-electron chi connectivity index (χ3n) is 5.98. The van der Waals surface area contributed by atoms with Gasteiger partial charge in [0.2, 0.25) is 0 Å². The van der Waals surface area contributed by atoms with Gasteiger partial charge in [-0.2, -0.15) is 5.10 Å². The van der Waals surface area contributed by atoms with Gasteiger partial charge in [-0.3, -0.25) is 14.4 Å². The van der Waals surface area contributed by atoms with Gasteiger partial charge in [0.25, 0.3) is 5.91 Å². The number of aromatic nitrogens is 2. The minimum Gasteiger partial charge on any atom is -0.395 e. The van der Waals surface area contributed by atoms with E-state index in [1.807, 2.05) is 23.9 Å². The molecule has 4 rings (SSSR count). The van der Waals surface area contributed by atoms with Crippen molar-refractivity contribution in [2.24, 2.45) is 7.05 Å². The van der Waals surface area contributed by atoms with Gasteiger partial charge in [0.1, 0.15) is 0 Å². The van der Waals surface area contributed by atoms with Gasteiger partial charge in [-0.15, -0.1) is 11.3 Å². The second-order valence-corrected chi connectivity index (χ2v) is 9.18. The summed E-state index contributed by atoms with van der Waals surface area (Å²) in [6, 6.07) is 8.69. The van der Waals surface area contributed by atoms with Gasteiger partial charge in [0, 0.05) is 42.6 Å². The highest BCUT2D eigenvalue weighted by molar-refractivity contribution is 7.21. The van der Waals surface area contributed by atoms with Crippen molar-refractivity contribution in [1.82, 2.24) is 20.0 Å². The van der Waals surface area contributed by atoms with Gasteiger partial charge < -0.3 is 10.4 Å². The van der Waals surface area contributed by atoms with Gasteiger partial charge in [-0.25, -0.2) is 0 Å². The molecular formula is C23H30N4O2S. The van der Waals surface area contributed by atoms with Crippen LogP contribution in [0.15, 0.2) is 30.5 Å². The number of hydrogen-bond donors (Lipinski definition) is 2. The summed E-state index contributed by atoms with van der Waals surface area (Å²) in [6.07, 6.45) is 6.56. The molecule has 0 bridgehead atoms. The van der Waals surface area contributed by atoms with E-state index < -0.39 is 0 Å². The Hall–Kier alpha value is -2.22. The highest BCUT2D eigenvalue weighted by Crippen LogP contribution is 2.34. The average molecular weight is 427 g/mol. The lowest BCUT2D eigenvalue weighted by atomic mass is 9.93. The van der Waals surface area contributed by atoms with Gasteiger partial charge in [0.05, 0.1) is 17.2 Å². The molecule has 1 atom stereocenters. The van der Waals surface area contributed by atoms with Crippen LogP contribution in [0.1, 0.15) is 45.8 Å². The summed E-state index contributed by atoms with van der Waals surface area (Å²) >= 11 is 1.56. The zero-order chi connectivity index (χ0) is 21.1. The molecule has 160 valence electrons. The van der Waals surface area contributed by atoms with E-state index in [1.54, 1.807) is 11.3 Å². The van der Waals surface area contributed by atoms with E-state index in [2.05, 4.69) is 40.6 Å². The van der Waals surface area contributed by atoms with Crippen molar-refractivity contribution < 1.29 is 9.90 Å². The van der Waals surface area contributed by atoms with E-state index in [0.29, 0.717) is 6.04 Å². The number of amides is 1. The van der Waals surface area contributed by atoms with E-state index in [9.17, 15) is 4.79 Å². The highest BCUT2D eigenvalue weighted by Gasteiger charge is 2.27. The molecule has 1 fully saturated rings. The molecule has 0 spiro atoms. The maximum absolute atomic E-state index is 12.8. The molecule has 2 aromatic heterocycles. The fourth-order valence-corrected chi connectivity index (χ4v) is 5.64. The highest BCUT2D eigenvalue weighted by atomic mass is 32.1. The Morgan fingerprint density at radius 2 is 2.17 bits per heavy atom. The minimum absolute atomic E-state index is 0.0488. The molecule has 3 heterocycles. The van der Waals surface area contributed by atoms with E-state index >= 15 is 0 Å². The number of likely N-dealkylation sites (tertiary alicyclic amines) is 1. The van der Waals surface area contributed by atoms with Crippen LogP contribution in [0.25, 0.3) is 10.1 Å². The third-order valence-corrected chi connectivity index (χ3v) is 7.19.